The van der Waals surface area contributed by atoms with Gasteiger partial charge in [-0.15, -0.1) is 0 Å². The molecule has 2 aromatic rings. The monoisotopic (exact) mass is 1540 g/mol. The number of aliphatic carboxylic acids is 6. The molecule has 1 unspecified atom stereocenters. The smallest absolute Gasteiger partial charge is 0.326 e. The molecule has 1 fully saturated rings. The number of aldehydes is 2. The Hall–Kier alpha value is -9.89. The maximum atomic E-state index is 14.5. The number of unbranched alkanes of at least 4 members (excludes halogenated alkanes) is 3. The van der Waals surface area contributed by atoms with E-state index in [1.807, 2.05) is 27.2 Å². The summed E-state index contributed by atoms with van der Waals surface area (Å²) in [6.45, 7) is 14.0. The second-order valence-corrected chi connectivity index (χ2v) is 27.4. The van der Waals surface area contributed by atoms with E-state index in [4.69, 9.17) is 21.4 Å². The number of nitrogens with zero attached hydrogens (tertiary/aromatic N) is 8. The van der Waals surface area contributed by atoms with Gasteiger partial charge >= 0.3 is 41.8 Å². The van der Waals surface area contributed by atoms with E-state index in [2.05, 4.69) is 58.5 Å². The van der Waals surface area contributed by atoms with Gasteiger partial charge in [0.2, 0.25) is 29.5 Å². The van der Waals surface area contributed by atoms with Crippen LogP contribution in [0.5, 0.6) is 5.75 Å². The first-order chi connectivity index (χ1) is 51.8. The molecule has 0 spiro atoms. The van der Waals surface area contributed by atoms with Crippen molar-refractivity contribution in [3.63, 3.8) is 0 Å². The van der Waals surface area contributed by atoms with Gasteiger partial charge in [0.15, 0.2) is 0 Å². The van der Waals surface area contributed by atoms with Crippen LogP contribution in [0.1, 0.15) is 148 Å². The molecule has 1 aliphatic heterocycles. The van der Waals surface area contributed by atoms with Crippen molar-refractivity contribution in [2.24, 2.45) is 11.6 Å². The molecule has 38 heteroatoms. The first kappa shape index (κ1) is 93.3. The number of carbonyl (C=O) groups excluding carboxylic acids is 8. The Morgan fingerprint density at radius 2 is 1.06 bits per heavy atom. The highest BCUT2D eigenvalue weighted by atomic mass is 16.5. The van der Waals surface area contributed by atoms with Crippen molar-refractivity contribution in [2.45, 2.75) is 179 Å². The second-order valence-electron chi connectivity index (χ2n) is 27.4. The first-order valence-electron chi connectivity index (χ1n) is 36.8. The van der Waals surface area contributed by atoms with Crippen molar-refractivity contribution in [2.75, 3.05) is 118 Å². The number of urea groups is 1. The van der Waals surface area contributed by atoms with Gasteiger partial charge in [0.25, 0.3) is 0 Å². The van der Waals surface area contributed by atoms with Gasteiger partial charge in [0.1, 0.15) is 49.9 Å². The summed E-state index contributed by atoms with van der Waals surface area (Å²) in [4.78, 5) is 189. The third-order valence-electron chi connectivity index (χ3n) is 18.7. The normalized spacial score (nSPS) is 14.2. The van der Waals surface area contributed by atoms with Crippen LogP contribution in [0, 0.1) is 0 Å². The van der Waals surface area contributed by atoms with Gasteiger partial charge < -0.3 is 102 Å². The number of imidazole rings is 1. The number of hydrazine groups is 1. The summed E-state index contributed by atoms with van der Waals surface area (Å²) in [7, 11) is 0. The van der Waals surface area contributed by atoms with Crippen LogP contribution >= 0.6 is 0 Å². The highest BCUT2D eigenvalue weighted by Gasteiger charge is 2.43. The van der Waals surface area contributed by atoms with Crippen molar-refractivity contribution in [3.05, 3.63) is 59.9 Å². The molecule has 2 heterocycles. The van der Waals surface area contributed by atoms with E-state index >= 15 is 0 Å². The number of rotatable bonds is 54. The fraction of sp³-hybridized carbons (Fsp3) is 0.648. The summed E-state index contributed by atoms with van der Waals surface area (Å²) in [6.07, 6.45) is 4.27. The Balaban J connectivity index is 1.80. The van der Waals surface area contributed by atoms with Gasteiger partial charge in [-0.25, -0.2) is 20.4 Å². The molecule has 0 aliphatic carbocycles. The highest BCUT2D eigenvalue weighted by molar-refractivity contribution is 5.87. The van der Waals surface area contributed by atoms with E-state index in [0.717, 1.165) is 37.8 Å². The van der Waals surface area contributed by atoms with Gasteiger partial charge in [-0.1, -0.05) is 46.2 Å². The number of aromatic nitrogens is 2. The molecular weight excluding hydrogens is 1430 g/mol. The van der Waals surface area contributed by atoms with Crippen molar-refractivity contribution in [3.8, 4) is 5.75 Å². The number of likely N-dealkylation sites (N-methyl/N-ethyl adjacent to an activating group) is 1. The van der Waals surface area contributed by atoms with Crippen molar-refractivity contribution >= 4 is 84.0 Å². The van der Waals surface area contributed by atoms with Crippen LogP contribution in [0.3, 0.4) is 0 Å². The molecule has 0 saturated carbocycles. The summed E-state index contributed by atoms with van der Waals surface area (Å²) in [5.74, 6) is -4.17. The third-order valence-corrected chi connectivity index (χ3v) is 18.7. The zero-order valence-electron chi connectivity index (χ0n) is 63.2. The van der Waals surface area contributed by atoms with Gasteiger partial charge in [0, 0.05) is 104 Å². The molecule has 38 nitrogen and oxygen atoms in total. The molecule has 1 aliphatic rings. The van der Waals surface area contributed by atoms with Crippen LogP contribution in [0.25, 0.3) is 0 Å². The molecule has 3 rings (SSSR count). The lowest BCUT2D eigenvalue weighted by Crippen LogP contribution is -2.59. The summed E-state index contributed by atoms with van der Waals surface area (Å²) < 4.78 is 7.55. The highest BCUT2D eigenvalue weighted by Crippen LogP contribution is 2.28. The average Bonchev–Trinajstić information content (AvgIpc) is 1.28. The van der Waals surface area contributed by atoms with Crippen LogP contribution in [0.4, 0.5) is 4.79 Å². The van der Waals surface area contributed by atoms with E-state index in [1.54, 1.807) is 12.1 Å². The molecule has 610 valence electrons. The van der Waals surface area contributed by atoms with E-state index < -0.39 is 134 Å². The Kier molecular flexibility index (Phi) is 42.8. The number of hydrogen-bond acceptors (Lipinski definition) is 24. The van der Waals surface area contributed by atoms with Crippen molar-refractivity contribution in [1.82, 2.24) is 76.3 Å². The van der Waals surface area contributed by atoms with Crippen molar-refractivity contribution in [1.29, 1.82) is 0 Å². The van der Waals surface area contributed by atoms with E-state index in [1.165, 1.54) is 48.9 Å². The number of amides is 7. The minimum atomic E-state index is -1.82. The number of carboxylic acid groups (broad SMARTS) is 6. The minimum absolute atomic E-state index is 0.0235. The molecule has 0 bridgehead atoms. The Bertz CT molecular complexity index is 3180. The Labute approximate surface area is 634 Å². The van der Waals surface area contributed by atoms with E-state index in [9.17, 15) is 92.7 Å². The molecule has 1 aromatic carbocycles. The topological polar surface area (TPSA) is 543 Å². The van der Waals surface area contributed by atoms with Gasteiger partial charge in [0.05, 0.1) is 87.0 Å². The molecule has 0 radical (unpaired) electrons. The summed E-state index contributed by atoms with van der Waals surface area (Å²) >= 11 is 0. The molecule has 109 heavy (non-hydrogen) atoms. The molecular formula is C71H115N17O21. The number of nitrogens with two attached hydrogens (primary N) is 2. The first-order valence-corrected chi connectivity index (χ1v) is 36.8. The predicted molar refractivity (Wildman–Crippen MR) is 395 cm³/mol. The van der Waals surface area contributed by atoms with E-state index in [-0.39, 0.29) is 70.2 Å². The number of nitrogens with one attached hydrogen (secondary N) is 7. The lowest BCUT2D eigenvalue weighted by atomic mass is 9.83. The number of carboxylic acids is 6. The molecule has 7 amide bonds. The lowest BCUT2D eigenvalue weighted by molar-refractivity contribution is -0.145. The second kappa shape index (κ2) is 49.9. The number of benzene rings is 1. The average molecular weight is 1540 g/mol. The van der Waals surface area contributed by atoms with Gasteiger partial charge in [-0.3, -0.25) is 67.5 Å². The van der Waals surface area contributed by atoms with Crippen LogP contribution in [0.15, 0.2) is 48.6 Å². The SMILES string of the molecule is CCN1CCN(CC=O)CCN(CC(=O)NCCCN(N)/C=C(\N)COc2ccc(CN(CCCCCC(=O)NCCCCC(NC(=O)NCC(=O)O)C(=O)O)Cc3nccn3CC(=O)NC(CC)(CC(=O)NC(CC)(CC(=O)O)CC(=O)O)CC(=O)NC(CC)(CC(=O)O)CC(=O)O)cc2)CCN(CC=O)CC1. The van der Waals surface area contributed by atoms with Gasteiger partial charge in [-0.2, -0.15) is 0 Å². The van der Waals surface area contributed by atoms with Crippen LogP contribution in [0.2, 0.25) is 0 Å². The fourth-order valence-electron chi connectivity index (χ4n) is 12.5. The number of ether oxygens (including phenoxy) is 1. The maximum Gasteiger partial charge on any atom is 0.326 e. The quantitative estimate of drug-likeness (QED) is 0.0172. The summed E-state index contributed by atoms with van der Waals surface area (Å²) in [5, 5.41) is 76.7. The van der Waals surface area contributed by atoms with Crippen LogP contribution < -0.4 is 53.5 Å². The Morgan fingerprint density at radius 1 is 0.560 bits per heavy atom. The maximum absolute atomic E-state index is 14.5. The summed E-state index contributed by atoms with van der Waals surface area (Å²) in [6, 6.07) is 4.96. The van der Waals surface area contributed by atoms with Crippen molar-refractivity contribution < 1.29 is 102 Å². The largest absolute Gasteiger partial charge is 0.487 e. The van der Waals surface area contributed by atoms with Gasteiger partial charge in [-0.05, 0) is 88.6 Å². The van der Waals surface area contributed by atoms with Crippen LogP contribution in [-0.2, 0) is 82.0 Å². The fourth-order valence-corrected chi connectivity index (χ4v) is 12.5. The van der Waals surface area contributed by atoms with Crippen LogP contribution in [-0.4, -0.2) is 294 Å². The number of hydrogen-bond donors (Lipinski definition) is 15. The zero-order valence-corrected chi connectivity index (χ0v) is 63.2. The standard InChI is InChI=1S/C71H115N17O21/c1-5-69(39-58(92)79-70(6-2,41-62(96)97)42-63(98)99,40-59(93)80-71(7-3,43-64(100)101)44-65(102)103)81-61(95)50-87-26-23-74-56(87)48-86(24-13-9-10-16-57(91)75-21-12-11-15-55(67(106)107)78-68(108)77-45-66(104)105)46-52-17-19-54(20-18-52)109-51-53(72)47-88(73)25-14-22-76-60(94)49-85-33-31-83(35-37-89)29-27-82(8-4)28-30-84(32-34-85)36-38-90/h17-20,23,26,37-38,47,55H,5-16,21-22,24-25,27-36,39-46,48-51,72-73H2,1-4H3,(H,75,91)(H,76,94)(H,79,92)(H,80,93)(H,81,95)(H,96,97)(H,98,99)(H,100,101)(H,102,103)(H,104,105)(H,106,107)(H2,77,78,108)/b53-47-. The molecule has 17 N–H and O–H groups in total. The predicted octanol–water partition coefficient (Wildman–Crippen LogP) is -0.457. The zero-order chi connectivity index (χ0) is 81.0. The summed E-state index contributed by atoms with van der Waals surface area (Å²) in [5.41, 5.74) is 2.05. The number of carbonyl (C=O) groups is 14. The third kappa shape index (κ3) is 38.7. The van der Waals surface area contributed by atoms with E-state index in [0.29, 0.717) is 134 Å². The minimum Gasteiger partial charge on any atom is -0.487 e. The Morgan fingerprint density at radius 3 is 1.57 bits per heavy atom. The molecule has 1 saturated heterocycles. The molecule has 1 atom stereocenters. The lowest BCUT2D eigenvalue weighted by Gasteiger charge is -2.38. The molecule has 1 aromatic heterocycles.